The smallest absolute Gasteiger partial charge is 0.308 e. The molecule has 2 rings (SSSR count). The number of carbonyl (C=O) groups excluding carboxylic acids is 2. The van der Waals surface area contributed by atoms with E-state index in [2.05, 4.69) is 5.32 Å². The summed E-state index contributed by atoms with van der Waals surface area (Å²) in [5, 5.41) is 2.60. The lowest BCUT2D eigenvalue weighted by Crippen LogP contribution is -2.12. The second-order valence-electron chi connectivity index (χ2n) is 4.54. The number of anilines is 1. The maximum absolute atomic E-state index is 13.4. The Morgan fingerprint density at radius 3 is 2.33 bits per heavy atom. The third kappa shape index (κ3) is 3.89. The van der Waals surface area contributed by atoms with Crippen LogP contribution in [0.25, 0.3) is 0 Å². The molecule has 0 fully saturated rings. The Hall–Kier alpha value is -2.69. The number of hydrogen-bond acceptors (Lipinski definition) is 3. The van der Waals surface area contributed by atoms with Crippen molar-refractivity contribution in [3.63, 3.8) is 0 Å². The van der Waals surface area contributed by atoms with Gasteiger partial charge in [-0.1, -0.05) is 6.07 Å². The highest BCUT2D eigenvalue weighted by atomic mass is 19.1. The molecule has 0 radical (unpaired) electrons. The SMILES string of the molecule is CC(=O)Oc1ccc(C(=O)Nc2ccc(C)c(F)c2)cc1. The van der Waals surface area contributed by atoms with Gasteiger partial charge in [0, 0.05) is 18.2 Å². The van der Waals surface area contributed by atoms with Crippen molar-refractivity contribution in [2.24, 2.45) is 0 Å². The number of carbonyl (C=O) groups is 2. The van der Waals surface area contributed by atoms with Crippen LogP contribution >= 0.6 is 0 Å². The van der Waals surface area contributed by atoms with Gasteiger partial charge in [-0.3, -0.25) is 9.59 Å². The molecule has 0 heterocycles. The molecule has 4 nitrogen and oxygen atoms in total. The molecule has 0 aliphatic heterocycles. The zero-order valence-corrected chi connectivity index (χ0v) is 11.6. The van der Waals surface area contributed by atoms with E-state index in [0.29, 0.717) is 22.6 Å². The van der Waals surface area contributed by atoms with Crippen LogP contribution in [0, 0.1) is 12.7 Å². The molecule has 0 saturated carbocycles. The Kier molecular flexibility index (Phi) is 4.33. The van der Waals surface area contributed by atoms with Gasteiger partial charge < -0.3 is 10.1 Å². The number of hydrogen-bond donors (Lipinski definition) is 1. The summed E-state index contributed by atoms with van der Waals surface area (Å²) in [6, 6.07) is 10.6. The third-order valence-electron chi connectivity index (χ3n) is 2.81. The molecule has 21 heavy (non-hydrogen) atoms. The van der Waals surface area contributed by atoms with Crippen molar-refractivity contribution in [3.05, 3.63) is 59.4 Å². The van der Waals surface area contributed by atoms with Crippen molar-refractivity contribution < 1.29 is 18.7 Å². The first-order chi connectivity index (χ1) is 9.95. The van der Waals surface area contributed by atoms with Crippen LogP contribution in [0.1, 0.15) is 22.8 Å². The van der Waals surface area contributed by atoms with Crippen molar-refractivity contribution in [1.29, 1.82) is 0 Å². The predicted molar refractivity (Wildman–Crippen MR) is 76.8 cm³/mol. The van der Waals surface area contributed by atoms with Crippen LogP contribution in [0.15, 0.2) is 42.5 Å². The highest BCUT2D eigenvalue weighted by molar-refractivity contribution is 6.04. The molecular weight excluding hydrogens is 273 g/mol. The lowest BCUT2D eigenvalue weighted by atomic mass is 10.2. The summed E-state index contributed by atoms with van der Waals surface area (Å²) >= 11 is 0. The maximum atomic E-state index is 13.4. The summed E-state index contributed by atoms with van der Waals surface area (Å²) in [5.74, 6) is -0.812. The Balaban J connectivity index is 2.09. The second kappa shape index (κ2) is 6.17. The van der Waals surface area contributed by atoms with Crippen LogP contribution in [0.5, 0.6) is 5.75 Å². The lowest BCUT2D eigenvalue weighted by Gasteiger charge is -2.07. The molecular formula is C16H14FNO3. The Bertz CT molecular complexity index is 680. The van der Waals surface area contributed by atoms with E-state index in [1.807, 2.05) is 0 Å². The minimum Gasteiger partial charge on any atom is -0.427 e. The van der Waals surface area contributed by atoms with E-state index in [-0.39, 0.29) is 11.7 Å². The van der Waals surface area contributed by atoms with Gasteiger partial charge in [-0.2, -0.15) is 0 Å². The molecule has 0 bridgehead atoms. The van der Waals surface area contributed by atoms with Gasteiger partial charge in [0.05, 0.1) is 0 Å². The lowest BCUT2D eigenvalue weighted by molar-refractivity contribution is -0.131. The summed E-state index contributed by atoms with van der Waals surface area (Å²) in [5.41, 5.74) is 1.28. The second-order valence-corrected chi connectivity index (χ2v) is 4.54. The number of esters is 1. The fourth-order valence-corrected chi connectivity index (χ4v) is 1.71. The van der Waals surface area contributed by atoms with Gasteiger partial charge in [0.25, 0.3) is 5.91 Å². The number of ether oxygens (including phenoxy) is 1. The molecule has 2 aromatic rings. The average molecular weight is 287 g/mol. The zero-order valence-electron chi connectivity index (χ0n) is 11.6. The minimum atomic E-state index is -0.428. The first kappa shape index (κ1) is 14.7. The van der Waals surface area contributed by atoms with Gasteiger partial charge in [0.15, 0.2) is 0 Å². The van der Waals surface area contributed by atoms with Gasteiger partial charge in [0.2, 0.25) is 0 Å². The number of rotatable bonds is 3. The maximum Gasteiger partial charge on any atom is 0.308 e. The summed E-state index contributed by atoms with van der Waals surface area (Å²) in [6.07, 6.45) is 0. The van der Waals surface area contributed by atoms with E-state index in [1.54, 1.807) is 19.1 Å². The number of nitrogens with one attached hydrogen (secondary N) is 1. The fraction of sp³-hybridized carbons (Fsp3) is 0.125. The Morgan fingerprint density at radius 2 is 1.76 bits per heavy atom. The third-order valence-corrected chi connectivity index (χ3v) is 2.81. The van der Waals surface area contributed by atoms with Gasteiger partial charge in [0.1, 0.15) is 11.6 Å². The highest BCUT2D eigenvalue weighted by Gasteiger charge is 2.08. The van der Waals surface area contributed by atoms with Crippen LogP contribution < -0.4 is 10.1 Å². The van der Waals surface area contributed by atoms with Crippen molar-refractivity contribution in [2.45, 2.75) is 13.8 Å². The van der Waals surface area contributed by atoms with Gasteiger partial charge in [-0.05, 0) is 48.9 Å². The average Bonchev–Trinajstić information content (AvgIpc) is 2.43. The molecule has 0 aliphatic carbocycles. The van der Waals surface area contributed by atoms with Crippen molar-refractivity contribution >= 4 is 17.6 Å². The molecule has 0 atom stereocenters. The van der Waals surface area contributed by atoms with Crippen molar-refractivity contribution in [1.82, 2.24) is 0 Å². The van der Waals surface area contributed by atoms with E-state index in [4.69, 9.17) is 4.74 Å². The molecule has 1 amide bonds. The van der Waals surface area contributed by atoms with Crippen LogP contribution in [-0.4, -0.2) is 11.9 Å². The normalized spacial score (nSPS) is 10.0. The monoisotopic (exact) mass is 287 g/mol. The minimum absolute atomic E-state index is 0.362. The van der Waals surface area contributed by atoms with E-state index in [0.717, 1.165) is 0 Å². The number of aryl methyl sites for hydroxylation is 1. The Labute approximate surface area is 121 Å². The first-order valence-electron chi connectivity index (χ1n) is 6.31. The van der Waals surface area contributed by atoms with Gasteiger partial charge >= 0.3 is 5.97 Å². The standard InChI is InChI=1S/C16H14FNO3/c1-10-3-6-13(9-15(10)17)18-16(20)12-4-7-14(8-5-12)21-11(2)19/h3-9H,1-2H3,(H,18,20). The molecule has 0 unspecified atom stereocenters. The number of amides is 1. The van der Waals surface area contributed by atoms with Crippen LogP contribution in [0.3, 0.4) is 0 Å². The molecule has 1 N–H and O–H groups in total. The van der Waals surface area contributed by atoms with E-state index in [1.165, 1.54) is 37.3 Å². The summed E-state index contributed by atoms with van der Waals surface area (Å²) in [7, 11) is 0. The van der Waals surface area contributed by atoms with Crippen LogP contribution in [-0.2, 0) is 4.79 Å². The van der Waals surface area contributed by atoms with Crippen molar-refractivity contribution in [2.75, 3.05) is 5.32 Å². The molecule has 0 spiro atoms. The summed E-state index contributed by atoms with van der Waals surface area (Å²) in [6.45, 7) is 2.95. The quantitative estimate of drug-likeness (QED) is 0.696. The first-order valence-corrected chi connectivity index (χ1v) is 6.31. The zero-order chi connectivity index (χ0) is 15.4. The van der Waals surface area contributed by atoms with E-state index in [9.17, 15) is 14.0 Å². The van der Waals surface area contributed by atoms with E-state index < -0.39 is 5.97 Å². The van der Waals surface area contributed by atoms with E-state index >= 15 is 0 Å². The van der Waals surface area contributed by atoms with Gasteiger partial charge in [-0.15, -0.1) is 0 Å². The fourth-order valence-electron chi connectivity index (χ4n) is 1.71. The van der Waals surface area contributed by atoms with Crippen LogP contribution in [0.4, 0.5) is 10.1 Å². The number of benzene rings is 2. The summed E-state index contributed by atoms with van der Waals surface area (Å²) in [4.78, 5) is 22.8. The van der Waals surface area contributed by atoms with Crippen LogP contribution in [0.2, 0.25) is 0 Å². The molecule has 108 valence electrons. The molecule has 2 aromatic carbocycles. The molecule has 0 saturated heterocycles. The highest BCUT2D eigenvalue weighted by Crippen LogP contribution is 2.16. The van der Waals surface area contributed by atoms with Crippen molar-refractivity contribution in [3.8, 4) is 5.75 Å². The Morgan fingerprint density at radius 1 is 1.10 bits per heavy atom. The largest absolute Gasteiger partial charge is 0.427 e. The number of halogens is 1. The topological polar surface area (TPSA) is 55.4 Å². The van der Waals surface area contributed by atoms with Gasteiger partial charge in [-0.25, -0.2) is 4.39 Å². The molecule has 0 aromatic heterocycles. The predicted octanol–water partition coefficient (Wildman–Crippen LogP) is 3.31. The molecule has 5 heteroatoms. The molecule has 0 aliphatic rings. The summed E-state index contributed by atoms with van der Waals surface area (Å²) < 4.78 is 18.3.